The molecule has 148 valence electrons. The molecule has 3 heterocycles. The third kappa shape index (κ3) is 3.90. The number of rotatable bonds is 4. The van der Waals surface area contributed by atoms with Crippen LogP contribution >= 0.6 is 27.3 Å². The van der Waals surface area contributed by atoms with Gasteiger partial charge < -0.3 is 5.32 Å². The van der Waals surface area contributed by atoms with Crippen molar-refractivity contribution in [1.82, 2.24) is 19.9 Å². The first-order chi connectivity index (χ1) is 13.8. The Bertz CT molecular complexity index is 1170. The maximum atomic E-state index is 13.7. The highest BCUT2D eigenvalue weighted by molar-refractivity contribution is 9.10. The van der Waals surface area contributed by atoms with E-state index in [9.17, 15) is 18.0 Å². The number of carbonyl (C=O) groups excluding carboxylic acids is 1. The van der Waals surface area contributed by atoms with Crippen LogP contribution in [0.4, 0.5) is 13.2 Å². The Balaban J connectivity index is 1.80. The van der Waals surface area contributed by atoms with Gasteiger partial charge in [-0.25, -0.2) is 9.50 Å². The summed E-state index contributed by atoms with van der Waals surface area (Å²) in [4.78, 5) is 17.4. The van der Waals surface area contributed by atoms with Crippen molar-refractivity contribution in [1.29, 1.82) is 0 Å². The number of benzene rings is 1. The Morgan fingerprint density at radius 1 is 1.17 bits per heavy atom. The lowest BCUT2D eigenvalue weighted by atomic mass is 10.1. The van der Waals surface area contributed by atoms with E-state index in [0.29, 0.717) is 5.56 Å². The van der Waals surface area contributed by atoms with Crippen molar-refractivity contribution in [3.8, 4) is 11.3 Å². The molecule has 1 N–H and O–H groups in total. The monoisotopic (exact) mass is 480 g/mol. The lowest BCUT2D eigenvalue weighted by molar-refractivity contribution is -0.136. The predicted molar refractivity (Wildman–Crippen MR) is 107 cm³/mol. The van der Waals surface area contributed by atoms with Crippen molar-refractivity contribution in [3.05, 3.63) is 74.6 Å². The van der Waals surface area contributed by atoms with Crippen LogP contribution in [0.1, 0.15) is 20.9 Å². The number of imidazole rings is 1. The molecule has 0 aliphatic rings. The molecule has 3 aromatic heterocycles. The van der Waals surface area contributed by atoms with E-state index >= 15 is 0 Å². The highest BCUT2D eigenvalue weighted by atomic mass is 79.9. The van der Waals surface area contributed by atoms with Gasteiger partial charge in [0.2, 0.25) is 0 Å². The average molecular weight is 481 g/mol. The van der Waals surface area contributed by atoms with Crippen LogP contribution in [0.2, 0.25) is 0 Å². The quantitative estimate of drug-likeness (QED) is 0.438. The van der Waals surface area contributed by atoms with Crippen LogP contribution in [0.25, 0.3) is 16.9 Å². The van der Waals surface area contributed by atoms with Gasteiger partial charge in [-0.15, -0.1) is 11.3 Å². The largest absolute Gasteiger partial charge is 0.420 e. The molecule has 4 rings (SSSR count). The second kappa shape index (κ2) is 7.60. The lowest BCUT2D eigenvalue weighted by Gasteiger charge is -2.10. The first kappa shape index (κ1) is 19.6. The number of carbonyl (C=O) groups is 1. The zero-order valence-corrected chi connectivity index (χ0v) is 17.0. The Morgan fingerprint density at radius 3 is 2.59 bits per heavy atom. The van der Waals surface area contributed by atoms with Gasteiger partial charge in [0.25, 0.3) is 5.91 Å². The van der Waals surface area contributed by atoms with Gasteiger partial charge in [-0.2, -0.15) is 18.3 Å². The fourth-order valence-electron chi connectivity index (χ4n) is 2.76. The molecule has 0 saturated heterocycles. The number of alkyl halides is 3. The van der Waals surface area contributed by atoms with E-state index in [4.69, 9.17) is 0 Å². The van der Waals surface area contributed by atoms with Gasteiger partial charge in [-0.3, -0.25) is 4.79 Å². The van der Waals surface area contributed by atoms with E-state index in [2.05, 4.69) is 31.3 Å². The minimum atomic E-state index is -4.66. The molecule has 10 heteroatoms. The van der Waals surface area contributed by atoms with Crippen LogP contribution in [0.15, 0.2) is 58.5 Å². The summed E-state index contributed by atoms with van der Waals surface area (Å²) in [5.74, 6) is -0.592. The fraction of sp³-hybridized carbons (Fsp3) is 0.105. The highest BCUT2D eigenvalue weighted by Crippen LogP contribution is 2.35. The zero-order chi connectivity index (χ0) is 20.6. The molecule has 0 atom stereocenters. The molecule has 1 aromatic carbocycles. The molecule has 1 amide bonds. The van der Waals surface area contributed by atoms with E-state index in [-0.39, 0.29) is 22.5 Å². The molecule has 0 bridgehead atoms. The number of hydrogen-bond acceptors (Lipinski definition) is 4. The first-order valence-corrected chi connectivity index (χ1v) is 10.0. The van der Waals surface area contributed by atoms with Gasteiger partial charge in [-0.1, -0.05) is 36.4 Å². The second-order valence-corrected chi connectivity index (χ2v) is 7.84. The van der Waals surface area contributed by atoms with E-state index in [0.717, 1.165) is 15.5 Å². The molecule has 0 aliphatic heterocycles. The maximum absolute atomic E-state index is 13.7. The van der Waals surface area contributed by atoms with Gasteiger partial charge in [0.15, 0.2) is 11.3 Å². The van der Waals surface area contributed by atoms with Gasteiger partial charge in [0, 0.05) is 10.4 Å². The number of hydrogen-bond donors (Lipinski definition) is 1. The topological polar surface area (TPSA) is 59.3 Å². The molecule has 0 unspecified atom stereocenters. The summed E-state index contributed by atoms with van der Waals surface area (Å²) in [7, 11) is 0. The summed E-state index contributed by atoms with van der Waals surface area (Å²) < 4.78 is 42.1. The molecule has 29 heavy (non-hydrogen) atoms. The van der Waals surface area contributed by atoms with Crippen LogP contribution in [0.3, 0.4) is 0 Å². The van der Waals surface area contributed by atoms with Crippen molar-refractivity contribution in [2.45, 2.75) is 12.7 Å². The molecule has 0 saturated carbocycles. The third-order valence-electron chi connectivity index (χ3n) is 4.12. The molecule has 4 aromatic rings. The number of fused-ring (bicyclic) bond motifs is 1. The normalized spacial score (nSPS) is 11.7. The van der Waals surface area contributed by atoms with Crippen LogP contribution in [0, 0.1) is 0 Å². The zero-order valence-electron chi connectivity index (χ0n) is 14.6. The molecular formula is C19H12BrF3N4OS. The summed E-state index contributed by atoms with van der Waals surface area (Å²) >= 11 is 4.65. The van der Waals surface area contributed by atoms with Crippen molar-refractivity contribution < 1.29 is 18.0 Å². The highest BCUT2D eigenvalue weighted by Gasteiger charge is 2.36. The summed E-state index contributed by atoms with van der Waals surface area (Å²) in [5.41, 5.74) is -0.933. The van der Waals surface area contributed by atoms with E-state index in [1.54, 1.807) is 30.3 Å². The third-order valence-corrected chi connectivity index (χ3v) is 5.71. The number of amides is 1. The standard InChI is InChI=1S/C19H12BrF3N4OS/c20-16-15(18(28)24-10-12-7-4-8-29-12)25-17-13(19(21,22)23)9-14(26-27(16)17)11-5-2-1-3-6-11/h1-9H,10H2,(H,24,28). The maximum Gasteiger partial charge on any atom is 0.420 e. The first-order valence-electron chi connectivity index (χ1n) is 8.37. The Labute approximate surface area is 175 Å². The number of thiophene rings is 1. The molecule has 0 radical (unpaired) electrons. The SMILES string of the molecule is O=C(NCc1cccs1)c1nc2c(C(F)(F)F)cc(-c3ccccc3)nn2c1Br. The second-order valence-electron chi connectivity index (χ2n) is 6.06. The van der Waals surface area contributed by atoms with Crippen LogP contribution in [-0.2, 0) is 12.7 Å². The van der Waals surface area contributed by atoms with Gasteiger partial charge >= 0.3 is 6.18 Å². The molecule has 0 spiro atoms. The molecular weight excluding hydrogens is 469 g/mol. The Kier molecular flexibility index (Phi) is 5.13. The van der Waals surface area contributed by atoms with E-state index < -0.39 is 23.3 Å². The van der Waals surface area contributed by atoms with Crippen molar-refractivity contribution in [2.75, 3.05) is 0 Å². The Hall–Kier alpha value is -2.72. The molecule has 0 fully saturated rings. The van der Waals surface area contributed by atoms with Crippen molar-refractivity contribution in [2.24, 2.45) is 0 Å². The van der Waals surface area contributed by atoms with Gasteiger partial charge in [0.05, 0.1) is 12.2 Å². The van der Waals surface area contributed by atoms with E-state index in [1.807, 2.05) is 17.5 Å². The summed E-state index contributed by atoms with van der Waals surface area (Å²) in [6.07, 6.45) is -4.66. The summed E-state index contributed by atoms with van der Waals surface area (Å²) in [6, 6.07) is 13.1. The van der Waals surface area contributed by atoms with E-state index in [1.165, 1.54) is 11.3 Å². The summed E-state index contributed by atoms with van der Waals surface area (Å²) in [6.45, 7) is 0.256. The van der Waals surface area contributed by atoms with Gasteiger partial charge in [-0.05, 0) is 33.4 Å². The minimum Gasteiger partial charge on any atom is -0.346 e. The number of aromatic nitrogens is 3. The van der Waals surface area contributed by atoms with Crippen molar-refractivity contribution >= 4 is 38.8 Å². The summed E-state index contributed by atoms with van der Waals surface area (Å²) in [5, 5.41) is 8.79. The number of nitrogens with one attached hydrogen (secondary N) is 1. The van der Waals surface area contributed by atoms with Crippen LogP contribution < -0.4 is 5.32 Å². The smallest absolute Gasteiger partial charge is 0.346 e. The molecule has 5 nitrogen and oxygen atoms in total. The lowest BCUT2D eigenvalue weighted by Crippen LogP contribution is -2.23. The molecule has 0 aliphatic carbocycles. The van der Waals surface area contributed by atoms with Gasteiger partial charge in [0.1, 0.15) is 10.2 Å². The Morgan fingerprint density at radius 2 is 1.93 bits per heavy atom. The van der Waals surface area contributed by atoms with Crippen LogP contribution in [0.5, 0.6) is 0 Å². The van der Waals surface area contributed by atoms with Crippen LogP contribution in [-0.4, -0.2) is 20.5 Å². The predicted octanol–water partition coefficient (Wildman–Crippen LogP) is 5.17. The number of halogens is 4. The minimum absolute atomic E-state index is 0.0551. The fourth-order valence-corrected chi connectivity index (χ4v) is 3.92. The number of nitrogens with zero attached hydrogens (tertiary/aromatic N) is 3. The van der Waals surface area contributed by atoms with Crippen molar-refractivity contribution in [3.63, 3.8) is 0 Å². The average Bonchev–Trinajstić information content (AvgIpc) is 3.33.